The molecule has 4 aromatic rings. The zero-order chi connectivity index (χ0) is 28.6. The zero-order valence-corrected chi connectivity index (χ0v) is 26.4. The number of benzene rings is 4. The van der Waals surface area contributed by atoms with E-state index in [0.29, 0.717) is 0 Å². The van der Waals surface area contributed by atoms with Gasteiger partial charge < -0.3 is 4.74 Å². The summed E-state index contributed by atoms with van der Waals surface area (Å²) in [7, 11) is 2.16. The van der Waals surface area contributed by atoms with E-state index < -0.39 is 0 Å². The maximum Gasteiger partial charge on any atom is 0.209 e. The summed E-state index contributed by atoms with van der Waals surface area (Å²) in [6, 6.07) is 33.9. The van der Waals surface area contributed by atoms with Gasteiger partial charge in [-0.25, -0.2) is 0 Å². The maximum absolute atomic E-state index is 6.36. The SMILES string of the molecule is C[N+]1=C(C=c2ccc(=C/C=C3\C=C(c4ccc(Br)cc4)C=C(c4ccc(Br)cc4)O3)cc2)C(C)(C)c2ccccc21. The summed E-state index contributed by atoms with van der Waals surface area (Å²) in [5.74, 6) is 1.62. The Hall–Kier alpha value is -3.73. The molecule has 0 N–H and O–H groups in total. The molecule has 0 unspecified atom stereocenters. The smallest absolute Gasteiger partial charge is 0.209 e. The van der Waals surface area contributed by atoms with Crippen LogP contribution in [0.4, 0.5) is 5.69 Å². The Labute approximate surface area is 258 Å². The number of halogens is 2. The molecule has 4 heteroatoms. The predicted octanol–water partition coefficient (Wildman–Crippen LogP) is 8.52. The first-order chi connectivity index (χ1) is 19.8. The van der Waals surface area contributed by atoms with E-state index >= 15 is 0 Å². The largest absolute Gasteiger partial charge is 0.457 e. The van der Waals surface area contributed by atoms with E-state index in [1.807, 2.05) is 18.2 Å². The van der Waals surface area contributed by atoms with E-state index in [9.17, 15) is 0 Å². The summed E-state index contributed by atoms with van der Waals surface area (Å²) in [6.45, 7) is 4.60. The predicted molar refractivity (Wildman–Crippen MR) is 178 cm³/mol. The monoisotopic (exact) mass is 662 g/mol. The Morgan fingerprint density at radius 3 is 1.95 bits per heavy atom. The van der Waals surface area contributed by atoms with Crippen molar-refractivity contribution in [3.05, 3.63) is 157 Å². The van der Waals surface area contributed by atoms with Gasteiger partial charge in [0.25, 0.3) is 0 Å². The molecule has 2 nitrogen and oxygen atoms in total. The second kappa shape index (κ2) is 11.3. The number of allylic oxidation sites excluding steroid dienone is 4. The van der Waals surface area contributed by atoms with Crippen LogP contribution in [0.2, 0.25) is 0 Å². The van der Waals surface area contributed by atoms with Crippen molar-refractivity contribution in [3.63, 3.8) is 0 Å². The molecule has 2 heterocycles. The quantitative estimate of drug-likeness (QED) is 0.199. The van der Waals surface area contributed by atoms with Gasteiger partial charge in [-0.2, -0.15) is 4.58 Å². The third-order valence-corrected chi connectivity index (χ3v) is 8.80. The first kappa shape index (κ1) is 27.4. The van der Waals surface area contributed by atoms with Crippen molar-refractivity contribution in [3.8, 4) is 0 Å². The number of hydrogen-bond donors (Lipinski definition) is 0. The van der Waals surface area contributed by atoms with Crippen LogP contribution < -0.4 is 10.4 Å². The molecule has 0 saturated carbocycles. The molecule has 0 amide bonds. The normalized spacial score (nSPS) is 16.6. The lowest BCUT2D eigenvalue weighted by molar-refractivity contribution is -0.400. The third kappa shape index (κ3) is 5.72. The Morgan fingerprint density at radius 2 is 1.29 bits per heavy atom. The highest BCUT2D eigenvalue weighted by Crippen LogP contribution is 2.39. The van der Waals surface area contributed by atoms with Gasteiger partial charge in [0.1, 0.15) is 18.6 Å². The molecule has 4 aromatic carbocycles. The molecule has 2 aliphatic rings. The van der Waals surface area contributed by atoms with E-state index in [-0.39, 0.29) is 5.41 Å². The topological polar surface area (TPSA) is 12.2 Å². The highest BCUT2D eigenvalue weighted by Gasteiger charge is 2.42. The summed E-state index contributed by atoms with van der Waals surface area (Å²) in [6.07, 6.45) is 10.6. The molecule has 6 rings (SSSR count). The molecule has 2 aliphatic heterocycles. The maximum atomic E-state index is 6.36. The van der Waals surface area contributed by atoms with E-state index in [4.69, 9.17) is 4.74 Å². The second-order valence-electron chi connectivity index (χ2n) is 10.9. The molecular formula is C37H30Br2NO+. The summed E-state index contributed by atoms with van der Waals surface area (Å²) < 4.78 is 10.8. The molecule has 0 aliphatic carbocycles. The minimum atomic E-state index is -0.0438. The van der Waals surface area contributed by atoms with Gasteiger partial charge in [-0.1, -0.05) is 105 Å². The van der Waals surface area contributed by atoms with E-state index in [1.165, 1.54) is 22.2 Å². The van der Waals surface area contributed by atoms with Crippen molar-refractivity contribution in [2.75, 3.05) is 7.05 Å². The van der Waals surface area contributed by atoms with Gasteiger partial charge >= 0.3 is 0 Å². The lowest BCUT2D eigenvalue weighted by atomic mass is 9.81. The van der Waals surface area contributed by atoms with Crippen LogP contribution in [0, 0.1) is 0 Å². The average molecular weight is 664 g/mol. The van der Waals surface area contributed by atoms with Gasteiger partial charge in [0.15, 0.2) is 5.71 Å². The van der Waals surface area contributed by atoms with Crippen molar-refractivity contribution < 1.29 is 9.31 Å². The molecule has 0 spiro atoms. The Balaban J connectivity index is 1.32. The van der Waals surface area contributed by atoms with Gasteiger partial charge in [-0.3, -0.25) is 0 Å². The van der Waals surface area contributed by atoms with Crippen molar-refractivity contribution in [1.82, 2.24) is 0 Å². The van der Waals surface area contributed by atoms with Gasteiger partial charge in [0.05, 0.1) is 5.41 Å². The third-order valence-electron chi connectivity index (χ3n) is 7.74. The summed E-state index contributed by atoms with van der Waals surface area (Å²) in [5.41, 5.74) is 7.17. The summed E-state index contributed by atoms with van der Waals surface area (Å²) in [4.78, 5) is 0. The van der Waals surface area contributed by atoms with Gasteiger partial charge in [0.2, 0.25) is 5.69 Å². The first-order valence-electron chi connectivity index (χ1n) is 13.6. The van der Waals surface area contributed by atoms with E-state index in [0.717, 1.165) is 42.4 Å². The Bertz CT molecular complexity index is 1870. The molecule has 202 valence electrons. The molecular weight excluding hydrogens is 634 g/mol. The number of hydrogen-bond acceptors (Lipinski definition) is 1. The molecule has 0 bridgehead atoms. The van der Waals surface area contributed by atoms with Crippen LogP contribution in [0.25, 0.3) is 23.5 Å². The Morgan fingerprint density at radius 1 is 0.683 bits per heavy atom. The fourth-order valence-electron chi connectivity index (χ4n) is 5.47. The van der Waals surface area contributed by atoms with E-state index in [2.05, 4.69) is 167 Å². The van der Waals surface area contributed by atoms with Gasteiger partial charge in [-0.05, 0) is 77.9 Å². The summed E-state index contributed by atoms with van der Waals surface area (Å²) >= 11 is 7.08. The Kier molecular flexibility index (Phi) is 7.54. The first-order valence-corrected chi connectivity index (χ1v) is 15.2. The van der Waals surface area contributed by atoms with Crippen LogP contribution >= 0.6 is 31.9 Å². The fraction of sp³-hybridized carbons (Fsp3) is 0.108. The van der Waals surface area contributed by atoms with Gasteiger partial charge in [0, 0.05) is 32.2 Å². The molecule has 0 saturated heterocycles. The fourth-order valence-corrected chi connectivity index (χ4v) is 6.00. The highest BCUT2D eigenvalue weighted by molar-refractivity contribution is 9.10. The van der Waals surface area contributed by atoms with Crippen molar-refractivity contribution in [1.29, 1.82) is 0 Å². The minimum Gasteiger partial charge on any atom is -0.457 e. The second-order valence-corrected chi connectivity index (χ2v) is 12.7. The van der Waals surface area contributed by atoms with Crippen LogP contribution in [-0.2, 0) is 10.2 Å². The van der Waals surface area contributed by atoms with Crippen LogP contribution in [0.1, 0.15) is 30.5 Å². The molecule has 0 atom stereocenters. The number of para-hydroxylation sites is 1. The van der Waals surface area contributed by atoms with E-state index in [1.54, 1.807) is 0 Å². The standard InChI is InChI=1S/C37H30Br2NO/c1-37(2)33-6-4-5-7-34(33)40(3)36(37)22-26-10-8-25(9-11-26)12-21-32-23-29(27-13-17-30(38)18-14-27)24-35(41-32)28-15-19-31(39)20-16-28/h4-24H,1-3H3/q+1/b25-12?,26-22?,32-21+. The average Bonchev–Trinajstić information content (AvgIpc) is 3.18. The van der Waals surface area contributed by atoms with Crippen molar-refractivity contribution >= 4 is 66.7 Å². The van der Waals surface area contributed by atoms with Crippen LogP contribution in [-0.4, -0.2) is 17.3 Å². The minimum absolute atomic E-state index is 0.0438. The lowest BCUT2D eigenvalue weighted by Crippen LogP contribution is -2.28. The number of nitrogens with zero attached hydrogens (tertiary/aromatic N) is 1. The zero-order valence-electron chi connectivity index (χ0n) is 23.2. The number of ether oxygens (including phenoxy) is 1. The lowest BCUT2D eigenvalue weighted by Gasteiger charge is -2.18. The van der Waals surface area contributed by atoms with Crippen molar-refractivity contribution in [2.24, 2.45) is 0 Å². The number of rotatable bonds is 4. The van der Waals surface area contributed by atoms with Gasteiger partial charge in [-0.15, -0.1) is 0 Å². The molecule has 0 fully saturated rings. The number of fused-ring (bicyclic) bond motifs is 1. The highest BCUT2D eigenvalue weighted by atomic mass is 79.9. The molecule has 0 aromatic heterocycles. The van der Waals surface area contributed by atoms with Crippen molar-refractivity contribution in [2.45, 2.75) is 19.3 Å². The summed E-state index contributed by atoms with van der Waals surface area (Å²) in [5, 5.41) is 2.30. The molecule has 41 heavy (non-hydrogen) atoms. The van der Waals surface area contributed by atoms with Crippen LogP contribution in [0.15, 0.2) is 130 Å². The van der Waals surface area contributed by atoms with Crippen LogP contribution in [0.3, 0.4) is 0 Å². The van der Waals surface area contributed by atoms with Crippen LogP contribution in [0.5, 0.6) is 0 Å². The molecule has 0 radical (unpaired) electrons.